The van der Waals surface area contributed by atoms with Crippen LogP contribution < -0.4 is 0 Å². The lowest BCUT2D eigenvalue weighted by Crippen LogP contribution is -2.38. The molecule has 2 fully saturated rings. The molecule has 2 aliphatic heterocycles. The van der Waals surface area contributed by atoms with Gasteiger partial charge in [-0.1, -0.05) is 140 Å². The number of hydrogen-bond donors (Lipinski definition) is 0. The molecule has 2 rings (SSSR count). The topological polar surface area (TPSA) is 48.0 Å². The standard InChI is InChI=1S/C44H77NO4/c1-5-7-9-11-13-15-17-19-21-23-25-27-29-31-33-35-37-44(48-41-40(39-45(3)4)47-43(46)42(41)49-44)38-36-34-32-30-28-26-24-22-20-18-16-14-12-10-8-6-2/h13-16,19-22,40-42H,5-12,17-18,23-39H2,1-4H3/t40-,41-,42-,44?/m1/s1. The van der Waals surface area contributed by atoms with Crippen LogP contribution in [0.5, 0.6) is 0 Å². The van der Waals surface area contributed by atoms with Gasteiger partial charge in [-0.3, -0.25) is 0 Å². The minimum absolute atomic E-state index is 0.243. The summed E-state index contributed by atoms with van der Waals surface area (Å²) in [7, 11) is 4.02. The van der Waals surface area contributed by atoms with E-state index in [1.165, 1.54) is 128 Å². The van der Waals surface area contributed by atoms with Crippen LogP contribution in [-0.2, 0) is 19.0 Å². The van der Waals surface area contributed by atoms with Crippen LogP contribution in [0, 0.1) is 0 Å². The summed E-state index contributed by atoms with van der Waals surface area (Å²) in [6.45, 7) is 5.19. The van der Waals surface area contributed by atoms with Crippen molar-refractivity contribution in [1.82, 2.24) is 4.90 Å². The van der Waals surface area contributed by atoms with Crippen molar-refractivity contribution in [3.05, 3.63) is 48.6 Å². The highest BCUT2D eigenvalue weighted by Crippen LogP contribution is 2.42. The second kappa shape index (κ2) is 28.9. The molecule has 0 aromatic carbocycles. The maximum atomic E-state index is 12.7. The van der Waals surface area contributed by atoms with E-state index >= 15 is 0 Å². The number of fused-ring (bicyclic) bond motifs is 1. The predicted octanol–water partition coefficient (Wildman–Crippen LogP) is 12.4. The smallest absolute Gasteiger partial charge is 0.338 e. The van der Waals surface area contributed by atoms with Crippen LogP contribution >= 0.6 is 0 Å². The zero-order valence-electron chi connectivity index (χ0n) is 32.5. The summed E-state index contributed by atoms with van der Waals surface area (Å²) in [6, 6.07) is 0. The van der Waals surface area contributed by atoms with Crippen molar-refractivity contribution in [2.45, 2.75) is 205 Å². The SMILES string of the molecule is CCCCCC=CCC=CCCCCCCCCC1(CCCCCCCCC=CCC=CCCCCC)O[C@@H]2[C@@H](CN(C)C)OC(=O)[C@@H]2O1. The minimum atomic E-state index is -0.635. The quantitative estimate of drug-likeness (QED) is 0.0401. The van der Waals surface area contributed by atoms with Crippen molar-refractivity contribution in [2.24, 2.45) is 0 Å². The third kappa shape index (κ3) is 20.7. The molecular formula is C44H77NO4. The first-order valence-corrected chi connectivity index (χ1v) is 20.8. The van der Waals surface area contributed by atoms with Gasteiger partial charge in [-0.15, -0.1) is 0 Å². The Hall–Kier alpha value is -1.69. The first kappa shape index (κ1) is 43.5. The number of carbonyl (C=O) groups excluding carboxylic acids is 1. The zero-order valence-corrected chi connectivity index (χ0v) is 32.5. The summed E-state index contributed by atoms with van der Waals surface area (Å²) < 4.78 is 18.8. The number of allylic oxidation sites excluding steroid dienone is 8. The number of rotatable bonds is 32. The first-order chi connectivity index (χ1) is 24.0. The summed E-state index contributed by atoms with van der Waals surface area (Å²) in [5.74, 6) is -0.878. The summed E-state index contributed by atoms with van der Waals surface area (Å²) in [5.41, 5.74) is 0. The molecule has 0 spiro atoms. The molecule has 2 aliphatic rings. The lowest BCUT2D eigenvalue weighted by atomic mass is 9.98. The van der Waals surface area contributed by atoms with E-state index < -0.39 is 11.9 Å². The summed E-state index contributed by atoms with van der Waals surface area (Å²) in [4.78, 5) is 14.8. The summed E-state index contributed by atoms with van der Waals surface area (Å²) >= 11 is 0. The van der Waals surface area contributed by atoms with Crippen LogP contribution in [0.15, 0.2) is 48.6 Å². The number of carbonyl (C=O) groups is 1. The Balaban J connectivity index is 1.63. The third-order valence-electron chi connectivity index (χ3n) is 9.92. The molecule has 0 radical (unpaired) electrons. The van der Waals surface area contributed by atoms with Crippen molar-refractivity contribution in [3.8, 4) is 0 Å². The Bertz CT molecular complexity index is 874. The number of cyclic esters (lactones) is 1. The van der Waals surface area contributed by atoms with Crippen LogP contribution in [0.25, 0.3) is 0 Å². The van der Waals surface area contributed by atoms with Gasteiger partial charge in [0.05, 0.1) is 0 Å². The fourth-order valence-corrected chi connectivity index (χ4v) is 7.00. The number of likely N-dealkylation sites (N-methyl/N-ethyl adjacent to an activating group) is 1. The first-order valence-electron chi connectivity index (χ1n) is 20.8. The van der Waals surface area contributed by atoms with Gasteiger partial charge in [0.15, 0.2) is 11.9 Å². The fourth-order valence-electron chi connectivity index (χ4n) is 7.00. The Morgan fingerprint density at radius 1 is 0.551 bits per heavy atom. The van der Waals surface area contributed by atoms with Crippen molar-refractivity contribution in [1.29, 1.82) is 0 Å². The van der Waals surface area contributed by atoms with E-state index in [0.717, 1.165) is 38.5 Å². The van der Waals surface area contributed by atoms with Gasteiger partial charge in [-0.25, -0.2) is 4.79 Å². The van der Waals surface area contributed by atoms with Crippen molar-refractivity contribution in [3.63, 3.8) is 0 Å². The molecule has 0 amide bonds. The molecule has 5 heteroatoms. The maximum Gasteiger partial charge on any atom is 0.338 e. The Morgan fingerprint density at radius 3 is 1.39 bits per heavy atom. The second-order valence-corrected chi connectivity index (χ2v) is 14.9. The molecule has 0 saturated carbocycles. The highest BCUT2D eigenvalue weighted by atomic mass is 16.8. The fraction of sp³-hybridized carbons (Fsp3) is 0.795. The van der Waals surface area contributed by atoms with E-state index in [1.807, 2.05) is 14.1 Å². The molecule has 0 bridgehead atoms. The van der Waals surface area contributed by atoms with E-state index in [9.17, 15) is 4.79 Å². The predicted molar refractivity (Wildman–Crippen MR) is 209 cm³/mol. The number of esters is 1. The molecule has 49 heavy (non-hydrogen) atoms. The minimum Gasteiger partial charge on any atom is -0.456 e. The van der Waals surface area contributed by atoms with Gasteiger partial charge >= 0.3 is 5.97 Å². The summed E-state index contributed by atoms with van der Waals surface area (Å²) in [5, 5.41) is 0. The van der Waals surface area contributed by atoms with Gasteiger partial charge in [-0.05, 0) is 91.1 Å². The van der Waals surface area contributed by atoms with Crippen LogP contribution in [0.2, 0.25) is 0 Å². The molecule has 0 aliphatic carbocycles. The number of ether oxygens (including phenoxy) is 3. The van der Waals surface area contributed by atoms with Gasteiger partial charge in [0, 0.05) is 19.4 Å². The van der Waals surface area contributed by atoms with Gasteiger partial charge in [0.25, 0.3) is 0 Å². The van der Waals surface area contributed by atoms with Crippen LogP contribution in [-0.4, -0.2) is 55.6 Å². The van der Waals surface area contributed by atoms with Crippen molar-refractivity contribution < 1.29 is 19.0 Å². The average Bonchev–Trinajstić information content (AvgIpc) is 3.59. The van der Waals surface area contributed by atoms with Crippen LogP contribution in [0.3, 0.4) is 0 Å². The molecule has 2 saturated heterocycles. The highest BCUT2D eigenvalue weighted by molar-refractivity contribution is 5.78. The highest BCUT2D eigenvalue weighted by Gasteiger charge is 2.58. The lowest BCUT2D eigenvalue weighted by molar-refractivity contribution is -0.211. The Kier molecular flexibility index (Phi) is 25.7. The zero-order chi connectivity index (χ0) is 35.3. The van der Waals surface area contributed by atoms with Gasteiger partial charge in [-0.2, -0.15) is 0 Å². The molecular weight excluding hydrogens is 606 g/mol. The molecule has 0 unspecified atom stereocenters. The maximum absolute atomic E-state index is 12.7. The molecule has 0 N–H and O–H groups in total. The molecule has 282 valence electrons. The van der Waals surface area contributed by atoms with Gasteiger partial charge < -0.3 is 19.1 Å². The Labute approximate surface area is 303 Å². The largest absolute Gasteiger partial charge is 0.456 e. The van der Waals surface area contributed by atoms with E-state index in [1.54, 1.807) is 0 Å². The molecule has 3 atom stereocenters. The molecule has 0 aromatic heterocycles. The molecule has 0 aromatic rings. The van der Waals surface area contributed by atoms with Crippen molar-refractivity contribution >= 4 is 5.97 Å². The van der Waals surface area contributed by atoms with Crippen LogP contribution in [0.1, 0.15) is 181 Å². The van der Waals surface area contributed by atoms with E-state index in [0.29, 0.717) is 6.54 Å². The van der Waals surface area contributed by atoms with E-state index in [2.05, 4.69) is 67.4 Å². The van der Waals surface area contributed by atoms with E-state index in [4.69, 9.17) is 14.2 Å². The van der Waals surface area contributed by atoms with Gasteiger partial charge in [0.1, 0.15) is 12.2 Å². The molecule has 2 heterocycles. The Morgan fingerprint density at radius 2 is 0.959 bits per heavy atom. The van der Waals surface area contributed by atoms with E-state index in [-0.39, 0.29) is 18.2 Å². The number of nitrogens with zero attached hydrogens (tertiary/aromatic N) is 1. The summed E-state index contributed by atoms with van der Waals surface area (Å²) in [6.07, 6.45) is 49.0. The molecule has 5 nitrogen and oxygen atoms in total. The third-order valence-corrected chi connectivity index (χ3v) is 9.92. The number of unbranched alkanes of at least 4 members (excludes halogenated alkanes) is 18. The average molecular weight is 684 g/mol. The monoisotopic (exact) mass is 684 g/mol. The normalized spacial score (nSPS) is 22.6. The lowest BCUT2D eigenvalue weighted by Gasteiger charge is -2.30. The van der Waals surface area contributed by atoms with Gasteiger partial charge in [0.2, 0.25) is 0 Å². The van der Waals surface area contributed by atoms with Crippen molar-refractivity contribution in [2.75, 3.05) is 20.6 Å². The second-order valence-electron chi connectivity index (χ2n) is 14.9. The van der Waals surface area contributed by atoms with Crippen LogP contribution in [0.4, 0.5) is 0 Å². The number of hydrogen-bond acceptors (Lipinski definition) is 5.